The molecule has 5 nitrogen and oxygen atoms in total. The Balaban J connectivity index is 1.89. The molecule has 26 heavy (non-hydrogen) atoms. The molecule has 3 N–H and O–H groups in total. The minimum Gasteiger partial charge on any atom is -0.322 e. The first kappa shape index (κ1) is 20.2. The minimum atomic E-state index is -0.215. The summed E-state index contributed by atoms with van der Waals surface area (Å²) >= 11 is 12.2. The SMILES string of the molecule is Cc1cc(C)c(NC(=O)C[NH+](C)CC(=O)Nc2ccccc2Cl)c(Cl)c1. The first-order valence-corrected chi connectivity index (χ1v) is 8.94. The number of hydrogen-bond donors (Lipinski definition) is 3. The molecule has 0 aliphatic carbocycles. The Labute approximate surface area is 163 Å². The fourth-order valence-corrected chi connectivity index (χ4v) is 3.18. The molecule has 7 heteroatoms. The van der Waals surface area contributed by atoms with E-state index >= 15 is 0 Å². The molecule has 2 aromatic rings. The van der Waals surface area contributed by atoms with Gasteiger partial charge in [0.1, 0.15) is 0 Å². The summed E-state index contributed by atoms with van der Waals surface area (Å²) in [6, 6.07) is 10.8. The number of carbonyl (C=O) groups is 2. The summed E-state index contributed by atoms with van der Waals surface area (Å²) in [6.07, 6.45) is 0. The lowest BCUT2D eigenvalue weighted by Gasteiger charge is -2.15. The van der Waals surface area contributed by atoms with Crippen molar-refractivity contribution in [3.8, 4) is 0 Å². The highest BCUT2D eigenvalue weighted by Crippen LogP contribution is 2.27. The Morgan fingerprint density at radius 2 is 1.58 bits per heavy atom. The summed E-state index contributed by atoms with van der Waals surface area (Å²) in [5, 5.41) is 6.55. The summed E-state index contributed by atoms with van der Waals surface area (Å²) in [5.74, 6) is -0.421. The van der Waals surface area contributed by atoms with Crippen molar-refractivity contribution >= 4 is 46.4 Å². The highest BCUT2D eigenvalue weighted by Gasteiger charge is 2.17. The average Bonchev–Trinajstić information content (AvgIpc) is 2.52. The number of carbonyl (C=O) groups excluding carboxylic acids is 2. The van der Waals surface area contributed by atoms with Crippen LogP contribution in [0.15, 0.2) is 36.4 Å². The van der Waals surface area contributed by atoms with Crippen LogP contribution in [0.25, 0.3) is 0 Å². The van der Waals surface area contributed by atoms with E-state index < -0.39 is 0 Å². The van der Waals surface area contributed by atoms with Crippen molar-refractivity contribution in [3.05, 3.63) is 57.6 Å². The van der Waals surface area contributed by atoms with Crippen molar-refractivity contribution in [2.45, 2.75) is 13.8 Å². The molecule has 0 saturated heterocycles. The second-order valence-electron chi connectivity index (χ2n) is 6.33. The van der Waals surface area contributed by atoms with Gasteiger partial charge in [-0.15, -0.1) is 0 Å². The van der Waals surface area contributed by atoms with Crippen LogP contribution in [0.4, 0.5) is 11.4 Å². The molecule has 0 aliphatic rings. The Hall–Kier alpha value is -2.08. The van der Waals surface area contributed by atoms with E-state index in [4.69, 9.17) is 23.2 Å². The van der Waals surface area contributed by atoms with Crippen LogP contribution >= 0.6 is 23.2 Å². The average molecular weight is 395 g/mol. The zero-order valence-corrected chi connectivity index (χ0v) is 16.5. The van der Waals surface area contributed by atoms with Gasteiger partial charge in [-0.3, -0.25) is 9.59 Å². The van der Waals surface area contributed by atoms with Crippen LogP contribution in [0.5, 0.6) is 0 Å². The minimum absolute atomic E-state index is 0.138. The number of rotatable bonds is 6. The molecule has 0 fully saturated rings. The van der Waals surface area contributed by atoms with Crippen LogP contribution < -0.4 is 15.5 Å². The largest absolute Gasteiger partial charge is 0.322 e. The third-order valence-electron chi connectivity index (χ3n) is 3.77. The molecule has 0 radical (unpaired) electrons. The van der Waals surface area contributed by atoms with E-state index in [1.165, 1.54) is 0 Å². The number of anilines is 2. The molecule has 2 amide bonds. The molecule has 138 valence electrons. The molecule has 2 aromatic carbocycles. The number of quaternary nitrogens is 1. The van der Waals surface area contributed by atoms with Gasteiger partial charge in [-0.1, -0.05) is 41.4 Å². The number of benzene rings is 2. The van der Waals surface area contributed by atoms with Gasteiger partial charge in [0.05, 0.1) is 28.5 Å². The molecule has 0 heterocycles. The molecular formula is C19H22Cl2N3O2+. The lowest BCUT2D eigenvalue weighted by molar-refractivity contribution is -0.862. The van der Waals surface area contributed by atoms with Crippen LogP contribution in [0.1, 0.15) is 11.1 Å². The van der Waals surface area contributed by atoms with E-state index in [2.05, 4.69) is 10.6 Å². The van der Waals surface area contributed by atoms with Gasteiger partial charge in [0.25, 0.3) is 11.8 Å². The van der Waals surface area contributed by atoms with E-state index in [-0.39, 0.29) is 24.9 Å². The maximum absolute atomic E-state index is 12.3. The molecule has 0 bridgehead atoms. The van der Waals surface area contributed by atoms with E-state index in [9.17, 15) is 9.59 Å². The van der Waals surface area contributed by atoms with Crippen LogP contribution in [0.3, 0.4) is 0 Å². The smallest absolute Gasteiger partial charge is 0.279 e. The number of aryl methyl sites for hydroxylation is 2. The third-order valence-corrected chi connectivity index (χ3v) is 4.40. The van der Waals surface area contributed by atoms with Gasteiger partial charge < -0.3 is 15.5 Å². The molecule has 1 atom stereocenters. The maximum Gasteiger partial charge on any atom is 0.279 e. The number of hydrogen-bond acceptors (Lipinski definition) is 2. The highest BCUT2D eigenvalue weighted by atomic mass is 35.5. The predicted octanol–water partition coefficient (Wildman–Crippen LogP) is 2.70. The van der Waals surface area contributed by atoms with Gasteiger partial charge in [-0.25, -0.2) is 0 Å². The van der Waals surface area contributed by atoms with E-state index in [0.717, 1.165) is 16.0 Å². The fraction of sp³-hybridized carbons (Fsp3) is 0.263. The van der Waals surface area contributed by atoms with E-state index in [1.54, 1.807) is 37.4 Å². The van der Waals surface area contributed by atoms with Crippen LogP contribution in [-0.4, -0.2) is 32.0 Å². The fourth-order valence-electron chi connectivity index (χ4n) is 2.63. The first-order chi connectivity index (χ1) is 12.3. The van der Waals surface area contributed by atoms with Crippen molar-refractivity contribution in [1.29, 1.82) is 0 Å². The summed E-state index contributed by atoms with van der Waals surface area (Å²) in [5.41, 5.74) is 3.09. The van der Waals surface area contributed by atoms with Crippen LogP contribution in [-0.2, 0) is 9.59 Å². The van der Waals surface area contributed by atoms with Crippen LogP contribution in [0.2, 0.25) is 10.0 Å². The van der Waals surface area contributed by atoms with Crippen molar-refractivity contribution in [1.82, 2.24) is 0 Å². The molecular weight excluding hydrogens is 373 g/mol. The summed E-state index contributed by atoms with van der Waals surface area (Å²) < 4.78 is 0. The monoisotopic (exact) mass is 394 g/mol. The Bertz CT molecular complexity index is 801. The normalized spacial score (nSPS) is 11.7. The topological polar surface area (TPSA) is 62.6 Å². The number of amides is 2. The number of halogens is 2. The second-order valence-corrected chi connectivity index (χ2v) is 7.14. The highest BCUT2D eigenvalue weighted by molar-refractivity contribution is 6.34. The number of para-hydroxylation sites is 1. The van der Waals surface area contributed by atoms with Gasteiger partial charge in [0.2, 0.25) is 0 Å². The predicted molar refractivity (Wildman–Crippen MR) is 106 cm³/mol. The van der Waals surface area contributed by atoms with Gasteiger partial charge in [0.15, 0.2) is 13.1 Å². The summed E-state index contributed by atoms with van der Waals surface area (Å²) in [6.45, 7) is 4.11. The Morgan fingerprint density at radius 3 is 2.19 bits per heavy atom. The lowest BCUT2D eigenvalue weighted by Crippen LogP contribution is -3.11. The molecule has 0 aromatic heterocycles. The van der Waals surface area contributed by atoms with Gasteiger partial charge in [-0.05, 0) is 43.2 Å². The number of likely N-dealkylation sites (N-methyl/N-ethyl adjacent to an activating group) is 1. The second kappa shape index (κ2) is 9.03. The van der Waals surface area contributed by atoms with Crippen molar-refractivity contribution in [2.75, 3.05) is 30.8 Å². The zero-order valence-electron chi connectivity index (χ0n) is 15.0. The standard InChI is InChI=1S/C19H21Cl2N3O2/c1-12-8-13(2)19(15(21)9-12)23-18(26)11-24(3)10-17(25)22-16-7-5-4-6-14(16)20/h4-9H,10-11H2,1-3H3,(H,22,25)(H,23,26)/p+1. The maximum atomic E-state index is 12.3. The quantitative estimate of drug-likeness (QED) is 0.705. The summed E-state index contributed by atoms with van der Waals surface area (Å²) in [4.78, 5) is 25.1. The molecule has 2 rings (SSSR count). The van der Waals surface area contributed by atoms with Gasteiger partial charge >= 0.3 is 0 Å². The molecule has 0 spiro atoms. The first-order valence-electron chi connectivity index (χ1n) is 8.18. The van der Waals surface area contributed by atoms with Gasteiger partial charge in [-0.2, -0.15) is 0 Å². The zero-order chi connectivity index (χ0) is 19.3. The third kappa shape index (κ3) is 5.73. The molecule has 0 saturated carbocycles. The van der Waals surface area contributed by atoms with E-state index in [1.807, 2.05) is 19.9 Å². The van der Waals surface area contributed by atoms with Gasteiger partial charge in [0, 0.05) is 0 Å². The Morgan fingerprint density at radius 1 is 0.962 bits per heavy atom. The van der Waals surface area contributed by atoms with Crippen molar-refractivity contribution in [2.24, 2.45) is 0 Å². The van der Waals surface area contributed by atoms with Crippen LogP contribution in [0, 0.1) is 13.8 Å². The van der Waals surface area contributed by atoms with Crippen molar-refractivity contribution < 1.29 is 14.5 Å². The van der Waals surface area contributed by atoms with Crippen molar-refractivity contribution in [3.63, 3.8) is 0 Å². The number of nitrogens with one attached hydrogen (secondary N) is 3. The molecule has 0 aliphatic heterocycles. The lowest BCUT2D eigenvalue weighted by atomic mass is 10.1. The van der Waals surface area contributed by atoms with E-state index in [0.29, 0.717) is 21.4 Å². The summed E-state index contributed by atoms with van der Waals surface area (Å²) in [7, 11) is 1.77. The molecule has 1 unspecified atom stereocenters. The Kier molecular flexibility index (Phi) is 7.03.